The first-order chi connectivity index (χ1) is 9.26. The molecule has 0 aliphatic heterocycles. The molecular formula is C11H18N4O5. The highest BCUT2D eigenvalue weighted by Gasteiger charge is 2.22. The quantitative estimate of drug-likeness (QED) is 0.397. The molecule has 0 aromatic rings. The van der Waals surface area contributed by atoms with Crippen LogP contribution in [0.2, 0.25) is 0 Å². The van der Waals surface area contributed by atoms with Crippen LogP contribution in [0.5, 0.6) is 0 Å². The second-order valence-electron chi connectivity index (χ2n) is 4.34. The van der Waals surface area contributed by atoms with Gasteiger partial charge in [-0.3, -0.25) is 24.2 Å². The summed E-state index contributed by atoms with van der Waals surface area (Å²) in [6, 6.07) is 1.40. The molecule has 112 valence electrons. The molecule has 0 spiro atoms. The largest absolute Gasteiger partial charge is 0.480 e. The highest BCUT2D eigenvalue weighted by molar-refractivity contribution is 5.77. The van der Waals surface area contributed by atoms with Crippen LogP contribution in [0.1, 0.15) is 6.92 Å². The van der Waals surface area contributed by atoms with Gasteiger partial charge in [-0.1, -0.05) is 0 Å². The molecule has 0 fully saturated rings. The molecule has 9 nitrogen and oxygen atoms in total. The van der Waals surface area contributed by atoms with E-state index in [0.717, 1.165) is 0 Å². The minimum absolute atomic E-state index is 0.103. The summed E-state index contributed by atoms with van der Waals surface area (Å²) < 4.78 is 0. The van der Waals surface area contributed by atoms with Crippen LogP contribution in [-0.2, 0) is 14.4 Å². The Morgan fingerprint density at radius 3 is 2.15 bits per heavy atom. The second kappa shape index (κ2) is 8.84. The molecule has 20 heavy (non-hydrogen) atoms. The third-order valence-electron chi connectivity index (χ3n) is 2.50. The third kappa shape index (κ3) is 8.02. The van der Waals surface area contributed by atoms with Crippen molar-refractivity contribution >= 4 is 17.8 Å². The highest BCUT2D eigenvalue weighted by atomic mass is 16.4. The van der Waals surface area contributed by atoms with E-state index in [1.807, 2.05) is 6.07 Å². The average molecular weight is 286 g/mol. The van der Waals surface area contributed by atoms with Gasteiger partial charge in [-0.15, -0.1) is 0 Å². The molecule has 0 aromatic heterocycles. The van der Waals surface area contributed by atoms with Crippen LogP contribution in [0.15, 0.2) is 0 Å². The maximum Gasteiger partial charge on any atom is 0.317 e. The molecule has 0 aromatic carbocycles. The van der Waals surface area contributed by atoms with E-state index >= 15 is 0 Å². The summed E-state index contributed by atoms with van der Waals surface area (Å²) in [5.74, 6) is -2.89. The van der Waals surface area contributed by atoms with Gasteiger partial charge in [0.15, 0.2) is 0 Å². The van der Waals surface area contributed by atoms with Crippen molar-refractivity contribution < 1.29 is 24.6 Å². The summed E-state index contributed by atoms with van der Waals surface area (Å²) in [5, 5.41) is 26.1. The van der Waals surface area contributed by atoms with E-state index in [-0.39, 0.29) is 26.2 Å². The monoisotopic (exact) mass is 286 g/mol. The van der Waals surface area contributed by atoms with Crippen LogP contribution in [0.4, 0.5) is 0 Å². The lowest BCUT2D eigenvalue weighted by Gasteiger charge is -2.30. The number of primary amides is 1. The zero-order valence-electron chi connectivity index (χ0n) is 11.2. The normalized spacial score (nSPS) is 12.1. The van der Waals surface area contributed by atoms with Gasteiger partial charge in [0.1, 0.15) is 0 Å². The van der Waals surface area contributed by atoms with Crippen LogP contribution in [0, 0.1) is 11.3 Å². The fourth-order valence-electron chi connectivity index (χ4n) is 1.71. The van der Waals surface area contributed by atoms with Gasteiger partial charge in [0.2, 0.25) is 5.91 Å². The van der Waals surface area contributed by atoms with Gasteiger partial charge in [0.05, 0.1) is 32.2 Å². The van der Waals surface area contributed by atoms with Crippen LogP contribution >= 0.6 is 0 Å². The topological polar surface area (TPSA) is 148 Å². The maximum atomic E-state index is 10.9. The van der Waals surface area contributed by atoms with Crippen molar-refractivity contribution in [3.05, 3.63) is 0 Å². The molecule has 0 aliphatic rings. The molecule has 0 bridgehead atoms. The maximum absolute atomic E-state index is 10.9. The molecule has 9 heteroatoms. The Morgan fingerprint density at radius 1 is 1.20 bits per heavy atom. The van der Waals surface area contributed by atoms with Gasteiger partial charge in [-0.05, 0) is 6.92 Å². The Balaban J connectivity index is 4.71. The standard InChI is InChI=1S/C11H18N4O5/c1-8(4-14(3-2-12)6-10(17)18)15(5-9(13)16)7-11(19)20/h8H,3-7H2,1H3,(H2,13,16)(H,17,18)(H,19,20)/t8-/m1/s1. The van der Waals surface area contributed by atoms with E-state index in [1.165, 1.54) is 9.80 Å². The van der Waals surface area contributed by atoms with Gasteiger partial charge in [-0.25, -0.2) is 0 Å². The van der Waals surface area contributed by atoms with E-state index < -0.39 is 30.4 Å². The number of nitrogens with zero attached hydrogens (tertiary/aromatic N) is 3. The van der Waals surface area contributed by atoms with Crippen LogP contribution in [0.25, 0.3) is 0 Å². The van der Waals surface area contributed by atoms with Gasteiger partial charge in [0.25, 0.3) is 0 Å². The summed E-state index contributed by atoms with van der Waals surface area (Å²) in [6.07, 6.45) is 0. The van der Waals surface area contributed by atoms with Gasteiger partial charge in [-0.2, -0.15) is 5.26 Å². The lowest BCUT2D eigenvalue weighted by Crippen LogP contribution is -2.48. The fraction of sp³-hybridized carbons (Fsp3) is 0.636. The summed E-state index contributed by atoms with van der Waals surface area (Å²) in [5.41, 5.74) is 5.04. The molecular weight excluding hydrogens is 268 g/mol. The number of carbonyl (C=O) groups excluding carboxylic acids is 1. The van der Waals surface area contributed by atoms with Gasteiger partial charge >= 0.3 is 11.9 Å². The van der Waals surface area contributed by atoms with Crippen molar-refractivity contribution in [2.45, 2.75) is 13.0 Å². The molecule has 0 saturated carbocycles. The zero-order chi connectivity index (χ0) is 15.7. The number of carboxylic acid groups (broad SMARTS) is 2. The Hall–Kier alpha value is -2.18. The number of carboxylic acids is 2. The van der Waals surface area contributed by atoms with Crippen molar-refractivity contribution in [2.75, 3.05) is 32.7 Å². The number of rotatable bonds is 10. The second-order valence-corrected chi connectivity index (χ2v) is 4.34. The first-order valence-corrected chi connectivity index (χ1v) is 5.81. The molecule has 0 aliphatic carbocycles. The minimum Gasteiger partial charge on any atom is -0.480 e. The predicted molar refractivity (Wildman–Crippen MR) is 67.6 cm³/mol. The summed E-state index contributed by atoms with van der Waals surface area (Å²) in [4.78, 5) is 35.0. The van der Waals surface area contributed by atoms with Gasteiger partial charge in [0, 0.05) is 12.6 Å². The smallest absolute Gasteiger partial charge is 0.317 e. The summed E-state index contributed by atoms with van der Waals surface area (Å²) in [6.45, 7) is 0.695. The van der Waals surface area contributed by atoms with Crippen molar-refractivity contribution in [3.63, 3.8) is 0 Å². The fourth-order valence-corrected chi connectivity index (χ4v) is 1.71. The zero-order valence-corrected chi connectivity index (χ0v) is 11.2. The van der Waals surface area contributed by atoms with Crippen LogP contribution in [0.3, 0.4) is 0 Å². The number of hydrogen-bond acceptors (Lipinski definition) is 6. The molecule has 0 rings (SSSR count). The van der Waals surface area contributed by atoms with E-state index in [2.05, 4.69) is 0 Å². The Bertz CT molecular complexity index is 390. The first kappa shape index (κ1) is 17.8. The Kier molecular flexibility index (Phi) is 7.88. The van der Waals surface area contributed by atoms with E-state index in [4.69, 9.17) is 21.2 Å². The molecule has 0 radical (unpaired) electrons. The average Bonchev–Trinajstić information content (AvgIpc) is 2.26. The summed E-state index contributed by atoms with van der Waals surface area (Å²) in [7, 11) is 0. The molecule has 0 unspecified atom stereocenters. The number of aliphatic carboxylic acids is 2. The van der Waals surface area contributed by atoms with Crippen molar-refractivity contribution in [1.82, 2.24) is 9.80 Å². The molecule has 4 N–H and O–H groups in total. The minimum atomic E-state index is -1.12. The van der Waals surface area contributed by atoms with Crippen LogP contribution in [-0.4, -0.2) is 76.6 Å². The number of nitriles is 1. The first-order valence-electron chi connectivity index (χ1n) is 5.81. The molecule has 0 heterocycles. The van der Waals surface area contributed by atoms with E-state index in [0.29, 0.717) is 0 Å². The van der Waals surface area contributed by atoms with E-state index in [1.54, 1.807) is 6.92 Å². The van der Waals surface area contributed by atoms with Gasteiger partial charge < -0.3 is 15.9 Å². The van der Waals surface area contributed by atoms with Crippen molar-refractivity contribution in [1.29, 1.82) is 5.26 Å². The highest BCUT2D eigenvalue weighted by Crippen LogP contribution is 2.02. The third-order valence-corrected chi connectivity index (χ3v) is 2.50. The molecule has 1 amide bonds. The lowest BCUT2D eigenvalue weighted by molar-refractivity contribution is -0.141. The molecule has 1 atom stereocenters. The predicted octanol–water partition coefficient (Wildman–Crippen LogP) is -1.84. The van der Waals surface area contributed by atoms with E-state index in [9.17, 15) is 14.4 Å². The van der Waals surface area contributed by atoms with Crippen LogP contribution < -0.4 is 5.73 Å². The SMILES string of the molecule is C[C@H](CN(CC#N)CC(=O)O)N(CC(N)=O)CC(=O)O. The molecule has 0 saturated heterocycles. The summed E-state index contributed by atoms with van der Waals surface area (Å²) >= 11 is 0. The lowest BCUT2D eigenvalue weighted by atomic mass is 10.2. The van der Waals surface area contributed by atoms with Crippen molar-refractivity contribution in [2.24, 2.45) is 5.73 Å². The number of amides is 1. The number of nitrogens with two attached hydrogens (primary N) is 1. The Labute approximate surface area is 116 Å². The number of hydrogen-bond donors (Lipinski definition) is 3. The number of carbonyl (C=O) groups is 3. The van der Waals surface area contributed by atoms with Crippen molar-refractivity contribution in [3.8, 4) is 6.07 Å². The Morgan fingerprint density at radius 2 is 1.75 bits per heavy atom.